The topological polar surface area (TPSA) is 97.0 Å². The number of ether oxygens (including phenoxy) is 1. The van der Waals surface area contributed by atoms with Gasteiger partial charge in [0.1, 0.15) is 0 Å². The van der Waals surface area contributed by atoms with Crippen LogP contribution in [0.3, 0.4) is 0 Å². The lowest BCUT2D eigenvalue weighted by Crippen LogP contribution is -2.07. The van der Waals surface area contributed by atoms with E-state index >= 15 is 0 Å². The van der Waals surface area contributed by atoms with E-state index in [1.807, 2.05) is 0 Å². The molecule has 0 aliphatic carbocycles. The van der Waals surface area contributed by atoms with Gasteiger partial charge in [-0.1, -0.05) is 29.3 Å². The number of hydrogen-bond donors (Lipinski definition) is 2. The van der Waals surface area contributed by atoms with Crippen molar-refractivity contribution in [3.8, 4) is 11.5 Å². The zero-order valence-electron chi connectivity index (χ0n) is 13.2. The second-order valence-corrected chi connectivity index (χ2v) is 5.68. The monoisotopic (exact) mass is 383 g/mol. The summed E-state index contributed by atoms with van der Waals surface area (Å²) in [6, 6.07) is 7.82. The Labute approximate surface area is 154 Å². The van der Waals surface area contributed by atoms with E-state index in [0.29, 0.717) is 21.2 Å². The van der Waals surface area contributed by atoms with Crippen LogP contribution in [0.4, 0.5) is 5.69 Å². The number of phenols is 1. The number of hydrogen-bond acceptors (Lipinski definition) is 6. The van der Waals surface area contributed by atoms with Gasteiger partial charge in [-0.3, -0.25) is 10.1 Å². The van der Waals surface area contributed by atoms with E-state index in [-0.39, 0.29) is 18.9 Å². The van der Waals surface area contributed by atoms with E-state index in [4.69, 9.17) is 27.9 Å². The molecule has 0 unspecified atom stereocenters. The second kappa shape index (κ2) is 8.55. The lowest BCUT2D eigenvalue weighted by molar-refractivity contribution is -0.386. The third-order valence-electron chi connectivity index (χ3n) is 3.20. The molecule has 132 valence electrons. The molecule has 0 radical (unpaired) electrons. The molecule has 25 heavy (non-hydrogen) atoms. The van der Waals surface area contributed by atoms with Gasteiger partial charge in [0.2, 0.25) is 5.75 Å². The van der Waals surface area contributed by atoms with Crippen molar-refractivity contribution >= 4 is 35.1 Å². The summed E-state index contributed by atoms with van der Waals surface area (Å²) in [5.74, 6) is -0.493. The van der Waals surface area contributed by atoms with Crippen LogP contribution in [-0.2, 0) is 6.54 Å². The minimum absolute atomic E-state index is 0.0206. The van der Waals surface area contributed by atoms with Crippen LogP contribution >= 0.6 is 23.2 Å². The van der Waals surface area contributed by atoms with E-state index in [2.05, 4.69) is 10.5 Å². The van der Waals surface area contributed by atoms with Crippen molar-refractivity contribution in [2.24, 2.45) is 5.10 Å². The maximum absolute atomic E-state index is 11.0. The molecule has 0 atom stereocenters. The molecule has 0 aliphatic heterocycles. The summed E-state index contributed by atoms with van der Waals surface area (Å²) >= 11 is 12.1. The molecule has 9 heteroatoms. The highest BCUT2D eigenvalue weighted by atomic mass is 35.5. The molecule has 0 heterocycles. The number of hydrazone groups is 1. The first-order chi connectivity index (χ1) is 11.9. The smallest absolute Gasteiger partial charge is 0.315 e. The van der Waals surface area contributed by atoms with E-state index in [9.17, 15) is 15.2 Å². The summed E-state index contributed by atoms with van der Waals surface area (Å²) in [6.07, 6.45) is 1.37. The predicted molar refractivity (Wildman–Crippen MR) is 96.8 cm³/mol. The van der Waals surface area contributed by atoms with Crippen molar-refractivity contribution in [1.29, 1.82) is 0 Å². The molecule has 0 amide bonds. The van der Waals surface area contributed by atoms with Gasteiger partial charge in [0.15, 0.2) is 5.75 Å². The number of nitro benzene ring substituents is 1. The zero-order valence-corrected chi connectivity index (χ0v) is 14.7. The fraction of sp³-hybridized carbons (Fsp3) is 0.188. The molecule has 7 nitrogen and oxygen atoms in total. The van der Waals surface area contributed by atoms with Crippen LogP contribution in [0.5, 0.6) is 11.5 Å². The normalized spacial score (nSPS) is 10.8. The van der Waals surface area contributed by atoms with E-state index in [1.54, 1.807) is 25.1 Å². The maximum Gasteiger partial charge on any atom is 0.315 e. The number of phenolic OH excluding ortho intramolecular Hbond substituents is 1. The summed E-state index contributed by atoms with van der Waals surface area (Å²) in [7, 11) is 0. The predicted octanol–water partition coefficient (Wildman–Crippen LogP) is 4.13. The molecule has 2 aromatic rings. The van der Waals surface area contributed by atoms with Crippen molar-refractivity contribution in [2.75, 3.05) is 6.61 Å². The number of rotatable bonds is 7. The maximum atomic E-state index is 11.0. The van der Waals surface area contributed by atoms with Gasteiger partial charge in [-0.25, -0.2) is 0 Å². The molecule has 0 aliphatic rings. The quantitative estimate of drug-likeness (QED) is 0.425. The van der Waals surface area contributed by atoms with Crippen LogP contribution in [0.15, 0.2) is 35.4 Å². The molecular formula is C16H15Cl2N3O4. The number of halogens is 2. The number of benzene rings is 2. The van der Waals surface area contributed by atoms with Crippen molar-refractivity contribution < 1.29 is 14.8 Å². The molecule has 0 fully saturated rings. The third-order valence-corrected chi connectivity index (χ3v) is 3.90. The van der Waals surface area contributed by atoms with Crippen molar-refractivity contribution in [2.45, 2.75) is 13.5 Å². The second-order valence-electron chi connectivity index (χ2n) is 4.87. The molecule has 2 aromatic carbocycles. The molecule has 0 bridgehead atoms. The van der Waals surface area contributed by atoms with E-state index < -0.39 is 16.4 Å². The van der Waals surface area contributed by atoms with Crippen molar-refractivity contribution in [3.63, 3.8) is 0 Å². The average molecular weight is 384 g/mol. The lowest BCUT2D eigenvalue weighted by Gasteiger charge is -2.08. The Balaban J connectivity index is 2.16. The molecule has 2 rings (SSSR count). The Hall–Kier alpha value is -2.51. The number of nitrogens with one attached hydrogen (secondary N) is 1. The number of nitro groups is 1. The Morgan fingerprint density at radius 1 is 1.36 bits per heavy atom. The Bertz CT molecular complexity index is 792. The van der Waals surface area contributed by atoms with Gasteiger partial charge in [0.05, 0.1) is 24.3 Å². The summed E-state index contributed by atoms with van der Waals surface area (Å²) < 4.78 is 5.20. The van der Waals surface area contributed by atoms with Crippen molar-refractivity contribution in [1.82, 2.24) is 5.43 Å². The minimum Gasteiger partial charge on any atom is -0.500 e. The lowest BCUT2D eigenvalue weighted by atomic mass is 10.2. The van der Waals surface area contributed by atoms with Gasteiger partial charge >= 0.3 is 5.69 Å². The van der Waals surface area contributed by atoms with E-state index in [0.717, 1.165) is 0 Å². The molecule has 2 N–H and O–H groups in total. The average Bonchev–Trinajstić information content (AvgIpc) is 2.56. The SMILES string of the molecule is CCOc1cc(/C=N/NCc2c(Cl)cccc2Cl)cc([N+](=O)[O-])c1O. The van der Waals surface area contributed by atoms with Gasteiger partial charge in [-0.05, 0) is 25.1 Å². The number of nitrogens with zero attached hydrogens (tertiary/aromatic N) is 2. The fourth-order valence-electron chi connectivity index (χ4n) is 2.04. The van der Waals surface area contributed by atoms with Crippen LogP contribution in [0.25, 0.3) is 0 Å². The van der Waals surface area contributed by atoms with Crippen LogP contribution in [0.1, 0.15) is 18.1 Å². The van der Waals surface area contributed by atoms with Gasteiger partial charge in [0, 0.05) is 27.2 Å². The van der Waals surface area contributed by atoms with Gasteiger partial charge in [-0.15, -0.1) is 0 Å². The summed E-state index contributed by atoms with van der Waals surface area (Å²) in [5.41, 5.74) is 3.40. The van der Waals surface area contributed by atoms with Crippen LogP contribution < -0.4 is 10.2 Å². The number of aromatic hydroxyl groups is 1. The molecule has 0 saturated heterocycles. The largest absolute Gasteiger partial charge is 0.500 e. The summed E-state index contributed by atoms with van der Waals surface area (Å²) in [6.45, 7) is 2.25. The highest BCUT2D eigenvalue weighted by Crippen LogP contribution is 2.36. The first-order valence-corrected chi connectivity index (χ1v) is 8.02. The summed E-state index contributed by atoms with van der Waals surface area (Å²) in [5, 5.41) is 25.9. The third kappa shape index (κ3) is 4.74. The standard InChI is InChI=1S/C16H15Cl2N3O4/c1-2-25-15-7-10(6-14(16(15)22)21(23)24)8-19-20-9-11-12(17)4-3-5-13(11)18/h3-8,20,22H,2,9H2,1H3/b19-8+. The fourth-order valence-corrected chi connectivity index (χ4v) is 2.57. The van der Waals surface area contributed by atoms with Gasteiger partial charge < -0.3 is 15.3 Å². The zero-order chi connectivity index (χ0) is 18.4. The first kappa shape index (κ1) is 18.8. The Morgan fingerprint density at radius 3 is 2.64 bits per heavy atom. The first-order valence-electron chi connectivity index (χ1n) is 7.27. The highest BCUT2D eigenvalue weighted by molar-refractivity contribution is 6.35. The van der Waals surface area contributed by atoms with Crippen molar-refractivity contribution in [3.05, 3.63) is 61.6 Å². The highest BCUT2D eigenvalue weighted by Gasteiger charge is 2.19. The van der Waals surface area contributed by atoms with Crippen LogP contribution in [-0.4, -0.2) is 22.9 Å². The van der Waals surface area contributed by atoms with Crippen LogP contribution in [0, 0.1) is 10.1 Å². The summed E-state index contributed by atoms with van der Waals surface area (Å²) in [4.78, 5) is 10.3. The minimum atomic E-state index is -0.688. The van der Waals surface area contributed by atoms with E-state index in [1.165, 1.54) is 18.3 Å². The molecule has 0 aromatic heterocycles. The van der Waals surface area contributed by atoms with Gasteiger partial charge in [0.25, 0.3) is 0 Å². The molecule has 0 spiro atoms. The van der Waals surface area contributed by atoms with Gasteiger partial charge in [-0.2, -0.15) is 5.10 Å². The Morgan fingerprint density at radius 2 is 2.04 bits per heavy atom. The molecular weight excluding hydrogens is 369 g/mol. The Kier molecular flexibility index (Phi) is 6.44. The molecule has 0 saturated carbocycles. The van der Waals surface area contributed by atoms with Crippen LogP contribution in [0.2, 0.25) is 10.0 Å².